The van der Waals surface area contributed by atoms with Gasteiger partial charge >= 0.3 is 0 Å². The number of hydrogen-bond acceptors (Lipinski definition) is 6. The molecule has 0 aliphatic carbocycles. The van der Waals surface area contributed by atoms with Gasteiger partial charge in [0.15, 0.2) is 11.7 Å². The van der Waals surface area contributed by atoms with E-state index in [4.69, 9.17) is 5.73 Å². The number of nitrogens with two attached hydrogens (primary N) is 1. The summed E-state index contributed by atoms with van der Waals surface area (Å²) in [6, 6.07) is 18.9. The van der Waals surface area contributed by atoms with Crippen LogP contribution in [-0.2, 0) is 16.1 Å². The number of fused-ring (bicyclic) bond motifs is 1. The molecule has 0 radical (unpaired) electrons. The van der Waals surface area contributed by atoms with Crippen LogP contribution in [0.3, 0.4) is 0 Å². The second kappa shape index (κ2) is 11.3. The molecule has 0 saturated heterocycles. The van der Waals surface area contributed by atoms with Gasteiger partial charge in [-0.1, -0.05) is 36.4 Å². The molecule has 0 saturated carbocycles. The smallest absolute Gasteiger partial charge is 0.248 e. The van der Waals surface area contributed by atoms with Gasteiger partial charge in [0.1, 0.15) is 0 Å². The summed E-state index contributed by atoms with van der Waals surface area (Å²) < 4.78 is 0. The summed E-state index contributed by atoms with van der Waals surface area (Å²) in [6.07, 6.45) is 3.39. The summed E-state index contributed by atoms with van der Waals surface area (Å²) in [4.78, 5) is 47.8. The number of H-pyrrole nitrogens is 1. The number of carbonyl (C=O) groups is 3. The highest BCUT2D eigenvalue weighted by molar-refractivity contribution is 6.12. The number of hydroxylamine groups is 1. The number of aliphatic imine (C=N–C) groups is 1. The van der Waals surface area contributed by atoms with E-state index in [2.05, 4.69) is 20.3 Å². The molecule has 9 nitrogen and oxygen atoms in total. The molecule has 0 unspecified atom stereocenters. The second-order valence-corrected chi connectivity index (χ2v) is 8.43. The van der Waals surface area contributed by atoms with Crippen molar-refractivity contribution in [1.29, 1.82) is 0 Å². The SMILES string of the molecule is CONC(=O)CCCc1ccc(N=Cc2c(O)[nH]c3cc(C(=O)c4cccc(C(N)=O)c4)ccc23)cc1. The van der Waals surface area contributed by atoms with Gasteiger partial charge in [0.2, 0.25) is 11.8 Å². The molecular weight excluding hydrogens is 472 g/mol. The van der Waals surface area contributed by atoms with Crippen molar-refractivity contribution in [2.75, 3.05) is 7.11 Å². The Bertz CT molecular complexity index is 1490. The lowest BCUT2D eigenvalue weighted by atomic mass is 10.00. The van der Waals surface area contributed by atoms with E-state index >= 15 is 0 Å². The average Bonchev–Trinajstić information content (AvgIpc) is 3.22. The maximum atomic E-state index is 12.9. The van der Waals surface area contributed by atoms with Crippen LogP contribution in [0.4, 0.5) is 5.69 Å². The van der Waals surface area contributed by atoms with Gasteiger partial charge in [-0.05, 0) is 48.7 Å². The highest BCUT2D eigenvalue weighted by atomic mass is 16.6. The topological polar surface area (TPSA) is 147 Å². The summed E-state index contributed by atoms with van der Waals surface area (Å²) in [6.45, 7) is 0. The minimum atomic E-state index is -0.607. The fraction of sp³-hybridized carbons (Fsp3) is 0.143. The Hall–Kier alpha value is -4.76. The van der Waals surface area contributed by atoms with Crippen molar-refractivity contribution < 1.29 is 24.3 Å². The molecule has 0 atom stereocenters. The first kappa shape index (κ1) is 25.3. The normalized spacial score (nSPS) is 11.2. The monoisotopic (exact) mass is 498 g/mol. The molecule has 2 amide bonds. The predicted molar refractivity (Wildman–Crippen MR) is 140 cm³/mol. The van der Waals surface area contributed by atoms with E-state index in [9.17, 15) is 19.5 Å². The highest BCUT2D eigenvalue weighted by Crippen LogP contribution is 2.28. The first-order valence-electron chi connectivity index (χ1n) is 11.6. The molecule has 1 heterocycles. The van der Waals surface area contributed by atoms with Crippen molar-refractivity contribution in [2.45, 2.75) is 19.3 Å². The lowest BCUT2D eigenvalue weighted by Gasteiger charge is -2.04. The van der Waals surface area contributed by atoms with Crippen LogP contribution in [0.15, 0.2) is 71.7 Å². The number of aromatic nitrogens is 1. The van der Waals surface area contributed by atoms with Crippen molar-refractivity contribution in [3.05, 3.63) is 94.5 Å². The van der Waals surface area contributed by atoms with Gasteiger partial charge in [-0.2, -0.15) is 0 Å². The number of primary amides is 1. The second-order valence-electron chi connectivity index (χ2n) is 8.43. The number of aromatic hydroxyl groups is 1. The van der Waals surface area contributed by atoms with Gasteiger partial charge < -0.3 is 15.8 Å². The van der Waals surface area contributed by atoms with Crippen LogP contribution in [0.1, 0.15) is 50.2 Å². The summed E-state index contributed by atoms with van der Waals surface area (Å²) in [5.41, 5.74) is 11.5. The van der Waals surface area contributed by atoms with Crippen molar-refractivity contribution in [2.24, 2.45) is 10.7 Å². The average molecular weight is 499 g/mol. The fourth-order valence-corrected chi connectivity index (χ4v) is 3.96. The van der Waals surface area contributed by atoms with Gasteiger partial charge in [0.25, 0.3) is 0 Å². The van der Waals surface area contributed by atoms with Crippen molar-refractivity contribution in [3.8, 4) is 5.88 Å². The van der Waals surface area contributed by atoms with Crippen LogP contribution in [0.2, 0.25) is 0 Å². The zero-order valence-electron chi connectivity index (χ0n) is 20.2. The van der Waals surface area contributed by atoms with E-state index < -0.39 is 5.91 Å². The Morgan fingerprint density at radius 3 is 2.49 bits per heavy atom. The number of carbonyl (C=O) groups excluding carboxylic acids is 3. The molecule has 1 aromatic heterocycles. The van der Waals surface area contributed by atoms with Crippen LogP contribution in [0.5, 0.6) is 5.88 Å². The molecule has 9 heteroatoms. The molecule has 4 rings (SSSR count). The number of amides is 2. The minimum absolute atomic E-state index is 0.0648. The quantitative estimate of drug-likeness (QED) is 0.148. The molecule has 5 N–H and O–H groups in total. The third-order valence-electron chi connectivity index (χ3n) is 5.85. The molecule has 0 spiro atoms. The molecule has 3 aromatic carbocycles. The number of benzene rings is 3. The molecular formula is C28H26N4O5. The number of hydrogen-bond donors (Lipinski definition) is 4. The van der Waals surface area contributed by atoms with Gasteiger partial charge in [0, 0.05) is 40.2 Å². The number of rotatable bonds is 10. The zero-order valence-corrected chi connectivity index (χ0v) is 20.2. The summed E-state index contributed by atoms with van der Waals surface area (Å²) in [7, 11) is 1.40. The van der Waals surface area contributed by atoms with Crippen LogP contribution in [0.25, 0.3) is 10.9 Å². The van der Waals surface area contributed by atoms with Crippen LogP contribution < -0.4 is 11.2 Å². The van der Waals surface area contributed by atoms with E-state index in [0.717, 1.165) is 12.0 Å². The van der Waals surface area contributed by atoms with Gasteiger partial charge in [-0.25, -0.2) is 5.48 Å². The van der Waals surface area contributed by atoms with Crippen LogP contribution in [-0.4, -0.2) is 41.0 Å². The minimum Gasteiger partial charge on any atom is -0.494 e. The van der Waals surface area contributed by atoms with Crippen LogP contribution in [0, 0.1) is 0 Å². The Labute approximate surface area is 212 Å². The number of nitrogens with zero attached hydrogens (tertiary/aromatic N) is 1. The molecule has 0 aliphatic rings. The largest absolute Gasteiger partial charge is 0.494 e. The first-order valence-corrected chi connectivity index (χ1v) is 11.6. The Kier molecular flexibility index (Phi) is 7.75. The van der Waals surface area contributed by atoms with Gasteiger partial charge in [0.05, 0.1) is 18.4 Å². The number of nitrogens with one attached hydrogen (secondary N) is 2. The van der Waals surface area contributed by atoms with Crippen molar-refractivity contribution in [1.82, 2.24) is 10.5 Å². The molecule has 0 fully saturated rings. The maximum Gasteiger partial charge on any atom is 0.248 e. The third-order valence-corrected chi connectivity index (χ3v) is 5.85. The molecule has 4 aromatic rings. The standard InChI is InChI=1S/C28H26N4O5/c1-37-32-25(33)7-2-4-17-8-11-21(12-9-17)30-16-23-22-13-10-19(15-24(22)31-28(23)36)26(34)18-5-3-6-20(14-18)27(29)35/h3,5-6,8-16,31,36H,2,4,7H2,1H3,(H2,29,35)(H,32,33). The fourth-order valence-electron chi connectivity index (χ4n) is 3.96. The number of aromatic amines is 1. The Balaban J connectivity index is 1.47. The number of aryl methyl sites for hydroxylation is 1. The van der Waals surface area contributed by atoms with E-state index in [-0.39, 0.29) is 23.1 Å². The molecule has 188 valence electrons. The van der Waals surface area contributed by atoms with E-state index in [0.29, 0.717) is 46.1 Å². The molecule has 0 aliphatic heterocycles. The van der Waals surface area contributed by atoms with Crippen molar-refractivity contribution >= 4 is 40.4 Å². The Morgan fingerprint density at radius 1 is 1.03 bits per heavy atom. The maximum absolute atomic E-state index is 12.9. The molecule has 37 heavy (non-hydrogen) atoms. The lowest BCUT2D eigenvalue weighted by molar-refractivity contribution is -0.131. The summed E-state index contributed by atoms with van der Waals surface area (Å²) in [5, 5.41) is 11.2. The van der Waals surface area contributed by atoms with E-state index in [1.165, 1.54) is 13.2 Å². The number of ketones is 1. The van der Waals surface area contributed by atoms with E-state index in [1.807, 2.05) is 24.3 Å². The van der Waals surface area contributed by atoms with Crippen LogP contribution >= 0.6 is 0 Å². The van der Waals surface area contributed by atoms with Crippen molar-refractivity contribution in [3.63, 3.8) is 0 Å². The summed E-state index contributed by atoms with van der Waals surface area (Å²) >= 11 is 0. The Morgan fingerprint density at radius 2 is 1.76 bits per heavy atom. The zero-order chi connectivity index (χ0) is 26.4. The third kappa shape index (κ3) is 6.09. The summed E-state index contributed by atoms with van der Waals surface area (Å²) in [5.74, 6) is -1.10. The highest BCUT2D eigenvalue weighted by Gasteiger charge is 2.15. The van der Waals surface area contributed by atoms with E-state index in [1.54, 1.807) is 42.6 Å². The van der Waals surface area contributed by atoms with Gasteiger partial charge in [-0.15, -0.1) is 0 Å². The predicted octanol–water partition coefficient (Wildman–Crippen LogP) is 3.95. The lowest BCUT2D eigenvalue weighted by Crippen LogP contribution is -2.21. The molecule has 0 bridgehead atoms. The first-order chi connectivity index (χ1) is 17.9. The van der Waals surface area contributed by atoms with Gasteiger partial charge in [-0.3, -0.25) is 24.2 Å².